The van der Waals surface area contributed by atoms with E-state index in [0.29, 0.717) is 10.6 Å². The number of esters is 1. The maximum absolute atomic E-state index is 12.5. The smallest absolute Gasteiger partial charge is 0.349 e. The standard InChI is InChI=1S/C20H15ClN4O3S2/c1-11(17(26)24-13-8-5-9-22-16(13)21)28-19(27)15-10-14-18(29-15)25-20(30-14)23-12-6-3-2-4-7-12/h2-11H,1H3,(H,23,25)(H,24,26)/t11-/m0/s1. The molecule has 2 N–H and O–H groups in total. The van der Waals surface area contributed by atoms with Crippen molar-refractivity contribution in [3.63, 3.8) is 0 Å². The third-order valence-corrected chi connectivity index (χ3v) is 6.34. The zero-order valence-corrected chi connectivity index (χ0v) is 18.0. The Morgan fingerprint density at radius 3 is 2.67 bits per heavy atom. The van der Waals surface area contributed by atoms with Crippen molar-refractivity contribution in [3.05, 3.63) is 64.8 Å². The van der Waals surface area contributed by atoms with E-state index in [1.54, 1.807) is 18.2 Å². The summed E-state index contributed by atoms with van der Waals surface area (Å²) in [5.41, 5.74) is 1.29. The third-order valence-electron chi connectivity index (χ3n) is 3.99. The highest BCUT2D eigenvalue weighted by Gasteiger charge is 2.22. The average Bonchev–Trinajstić information content (AvgIpc) is 3.29. The molecule has 1 aromatic carbocycles. The summed E-state index contributed by atoms with van der Waals surface area (Å²) in [6.07, 6.45) is 0.510. The fourth-order valence-electron chi connectivity index (χ4n) is 2.52. The van der Waals surface area contributed by atoms with Gasteiger partial charge < -0.3 is 15.4 Å². The molecule has 4 aromatic rings. The first-order valence-corrected chi connectivity index (χ1v) is 10.9. The largest absolute Gasteiger partial charge is 0.448 e. The Morgan fingerprint density at radius 1 is 1.13 bits per heavy atom. The molecule has 3 heterocycles. The van der Waals surface area contributed by atoms with Gasteiger partial charge in [-0.25, -0.2) is 14.8 Å². The molecule has 30 heavy (non-hydrogen) atoms. The van der Waals surface area contributed by atoms with Crippen LogP contribution < -0.4 is 10.6 Å². The topological polar surface area (TPSA) is 93.2 Å². The SMILES string of the molecule is C[C@H](OC(=O)c1cc2sc(Nc3ccccc3)nc2s1)C(=O)Nc1cccnc1Cl. The van der Waals surface area contributed by atoms with Crippen LogP contribution in [-0.2, 0) is 9.53 Å². The number of hydrogen-bond acceptors (Lipinski definition) is 8. The number of rotatable bonds is 6. The third kappa shape index (κ3) is 4.59. The van der Waals surface area contributed by atoms with Crippen LogP contribution in [0.1, 0.15) is 16.6 Å². The monoisotopic (exact) mass is 458 g/mol. The average molecular weight is 459 g/mol. The summed E-state index contributed by atoms with van der Waals surface area (Å²) in [5.74, 6) is -1.08. The van der Waals surface area contributed by atoms with Gasteiger partial charge in [-0.3, -0.25) is 4.79 Å². The highest BCUT2D eigenvalue weighted by atomic mass is 35.5. The highest BCUT2D eigenvalue weighted by molar-refractivity contribution is 7.29. The molecule has 0 aliphatic heterocycles. The summed E-state index contributed by atoms with van der Waals surface area (Å²) in [6, 6.07) is 14.7. The van der Waals surface area contributed by atoms with Gasteiger partial charge in [0.15, 0.2) is 16.4 Å². The fraction of sp³-hybridized carbons (Fsp3) is 0.100. The van der Waals surface area contributed by atoms with Crippen molar-refractivity contribution >= 4 is 72.2 Å². The first kappa shape index (κ1) is 20.3. The van der Waals surface area contributed by atoms with Crippen molar-refractivity contribution in [1.82, 2.24) is 9.97 Å². The molecule has 0 bridgehead atoms. The number of thiazole rings is 1. The first-order chi connectivity index (χ1) is 14.5. The van der Waals surface area contributed by atoms with E-state index in [2.05, 4.69) is 20.6 Å². The Labute approximate surface area is 184 Å². The zero-order valence-electron chi connectivity index (χ0n) is 15.6. The van der Waals surface area contributed by atoms with E-state index in [1.165, 1.54) is 35.8 Å². The first-order valence-electron chi connectivity index (χ1n) is 8.84. The number of thiophene rings is 1. The molecule has 0 saturated heterocycles. The number of fused-ring (bicyclic) bond motifs is 1. The van der Waals surface area contributed by atoms with Gasteiger partial charge in [0.25, 0.3) is 5.91 Å². The second-order valence-electron chi connectivity index (χ2n) is 6.17. The Hall–Kier alpha value is -3.01. The van der Waals surface area contributed by atoms with Crippen LogP contribution in [0.15, 0.2) is 54.7 Å². The highest BCUT2D eigenvalue weighted by Crippen LogP contribution is 2.34. The number of anilines is 3. The molecule has 0 radical (unpaired) electrons. The van der Waals surface area contributed by atoms with Crippen LogP contribution >= 0.6 is 34.3 Å². The van der Waals surface area contributed by atoms with E-state index in [-0.39, 0.29) is 5.15 Å². The quantitative estimate of drug-likeness (QED) is 0.299. The number of hydrogen-bond donors (Lipinski definition) is 2. The van der Waals surface area contributed by atoms with Crippen LogP contribution in [0.5, 0.6) is 0 Å². The van der Waals surface area contributed by atoms with Crippen LogP contribution in [0.25, 0.3) is 9.53 Å². The predicted octanol–water partition coefficient (Wildman–Crippen LogP) is 5.33. The lowest BCUT2D eigenvalue weighted by atomic mass is 10.3. The summed E-state index contributed by atoms with van der Waals surface area (Å²) in [5, 5.41) is 6.73. The molecule has 4 rings (SSSR count). The minimum atomic E-state index is -1.00. The van der Waals surface area contributed by atoms with E-state index in [4.69, 9.17) is 16.3 Å². The Kier molecular flexibility index (Phi) is 5.93. The van der Waals surface area contributed by atoms with Crippen LogP contribution in [-0.4, -0.2) is 27.9 Å². The number of nitrogens with zero attached hydrogens (tertiary/aromatic N) is 2. The van der Waals surface area contributed by atoms with Crippen molar-refractivity contribution in [2.24, 2.45) is 0 Å². The van der Waals surface area contributed by atoms with Gasteiger partial charge in [0.1, 0.15) is 9.71 Å². The van der Waals surface area contributed by atoms with Crippen LogP contribution in [0, 0.1) is 0 Å². The molecule has 0 aliphatic carbocycles. The van der Waals surface area contributed by atoms with E-state index in [0.717, 1.165) is 20.3 Å². The number of halogens is 1. The van der Waals surface area contributed by atoms with Crippen molar-refractivity contribution in [2.75, 3.05) is 10.6 Å². The summed E-state index contributed by atoms with van der Waals surface area (Å²) >= 11 is 8.59. The second-order valence-corrected chi connectivity index (χ2v) is 8.59. The Morgan fingerprint density at radius 2 is 1.93 bits per heavy atom. The molecule has 152 valence electrons. The molecule has 1 atom stereocenters. The lowest BCUT2D eigenvalue weighted by molar-refractivity contribution is -0.123. The molecular formula is C20H15ClN4O3S2. The van der Waals surface area contributed by atoms with Crippen molar-refractivity contribution < 1.29 is 14.3 Å². The molecule has 0 fully saturated rings. The maximum atomic E-state index is 12.5. The molecule has 3 aromatic heterocycles. The number of benzene rings is 1. The van der Waals surface area contributed by atoms with Gasteiger partial charge in [0.2, 0.25) is 0 Å². The van der Waals surface area contributed by atoms with E-state index < -0.39 is 18.0 Å². The zero-order chi connectivity index (χ0) is 21.1. The molecule has 7 nitrogen and oxygen atoms in total. The number of ether oxygens (including phenoxy) is 1. The fourth-order valence-corrected chi connectivity index (χ4v) is 4.71. The van der Waals surface area contributed by atoms with Crippen molar-refractivity contribution in [3.8, 4) is 0 Å². The predicted molar refractivity (Wildman–Crippen MR) is 120 cm³/mol. The molecule has 0 spiro atoms. The lowest BCUT2D eigenvalue weighted by Gasteiger charge is -2.13. The molecule has 0 aliphatic rings. The number of pyridine rings is 1. The minimum absolute atomic E-state index is 0.161. The minimum Gasteiger partial charge on any atom is -0.448 e. The maximum Gasteiger partial charge on any atom is 0.349 e. The Bertz CT molecular complexity index is 1180. The van der Waals surface area contributed by atoms with Gasteiger partial charge in [0, 0.05) is 11.9 Å². The van der Waals surface area contributed by atoms with Gasteiger partial charge in [-0.15, -0.1) is 11.3 Å². The van der Waals surface area contributed by atoms with Gasteiger partial charge >= 0.3 is 5.97 Å². The summed E-state index contributed by atoms with van der Waals surface area (Å²) in [4.78, 5) is 34.2. The molecule has 0 unspecified atom stereocenters. The molecule has 10 heteroatoms. The van der Waals surface area contributed by atoms with Gasteiger partial charge in [-0.2, -0.15) is 0 Å². The van der Waals surface area contributed by atoms with Crippen molar-refractivity contribution in [1.29, 1.82) is 0 Å². The summed E-state index contributed by atoms with van der Waals surface area (Å²) in [6.45, 7) is 1.49. The summed E-state index contributed by atoms with van der Waals surface area (Å²) in [7, 11) is 0. The molecular weight excluding hydrogens is 444 g/mol. The van der Waals surface area contributed by atoms with Crippen LogP contribution in [0.2, 0.25) is 5.15 Å². The van der Waals surface area contributed by atoms with Gasteiger partial charge in [-0.05, 0) is 37.3 Å². The lowest BCUT2D eigenvalue weighted by Crippen LogP contribution is -2.29. The van der Waals surface area contributed by atoms with E-state index in [9.17, 15) is 9.59 Å². The van der Waals surface area contributed by atoms with Gasteiger partial charge in [-0.1, -0.05) is 41.1 Å². The number of para-hydroxylation sites is 1. The number of carbonyl (C=O) groups is 2. The van der Waals surface area contributed by atoms with E-state index >= 15 is 0 Å². The number of aromatic nitrogens is 2. The van der Waals surface area contributed by atoms with E-state index in [1.807, 2.05) is 30.3 Å². The van der Waals surface area contributed by atoms with Crippen LogP contribution in [0.3, 0.4) is 0 Å². The van der Waals surface area contributed by atoms with Crippen LogP contribution in [0.4, 0.5) is 16.5 Å². The number of nitrogens with one attached hydrogen (secondary N) is 2. The second kappa shape index (κ2) is 8.78. The number of amides is 1. The van der Waals surface area contributed by atoms with Gasteiger partial charge in [0.05, 0.1) is 10.4 Å². The molecule has 1 amide bonds. The summed E-state index contributed by atoms with van der Waals surface area (Å²) < 4.78 is 6.16. The molecule has 0 saturated carbocycles. The Balaban J connectivity index is 1.39. The van der Waals surface area contributed by atoms with Crippen molar-refractivity contribution in [2.45, 2.75) is 13.0 Å². The number of carbonyl (C=O) groups excluding carboxylic acids is 2. The normalized spacial score (nSPS) is 11.8.